The van der Waals surface area contributed by atoms with Gasteiger partial charge in [0.2, 0.25) is 0 Å². The van der Waals surface area contributed by atoms with Crippen molar-refractivity contribution in [2.24, 2.45) is 0 Å². The molecule has 0 fully saturated rings. The summed E-state index contributed by atoms with van der Waals surface area (Å²) in [6.45, 7) is 2.76. The monoisotopic (exact) mass is 193 g/mol. The minimum atomic E-state index is -0.0768. The standard InChI is InChI=1S/C11H15NO2/c1-3-8-14-10-6-4-9(5-7-10)11(13)12-2/h4-7H,3,8H2,1-2H3,(H,12,13). The topological polar surface area (TPSA) is 38.3 Å². The van der Waals surface area contributed by atoms with Crippen LogP contribution in [0, 0.1) is 0 Å². The molecule has 0 spiro atoms. The molecular formula is C11H15NO2. The zero-order chi connectivity index (χ0) is 10.4. The Labute approximate surface area is 84.1 Å². The number of amides is 1. The molecule has 0 unspecified atom stereocenters. The summed E-state index contributed by atoms with van der Waals surface area (Å²) in [4.78, 5) is 11.2. The molecule has 0 radical (unpaired) electrons. The van der Waals surface area contributed by atoms with Gasteiger partial charge in [-0.3, -0.25) is 4.79 Å². The summed E-state index contributed by atoms with van der Waals surface area (Å²) < 4.78 is 5.39. The highest BCUT2D eigenvalue weighted by atomic mass is 16.5. The van der Waals surface area contributed by atoms with E-state index in [0.717, 1.165) is 12.2 Å². The van der Waals surface area contributed by atoms with Crippen molar-refractivity contribution >= 4 is 5.91 Å². The summed E-state index contributed by atoms with van der Waals surface area (Å²) in [7, 11) is 1.61. The first-order valence-corrected chi connectivity index (χ1v) is 4.73. The average molecular weight is 193 g/mol. The molecule has 0 bridgehead atoms. The highest BCUT2D eigenvalue weighted by Crippen LogP contribution is 2.12. The smallest absolute Gasteiger partial charge is 0.251 e. The SMILES string of the molecule is CCCOc1ccc(C(=O)NC)cc1. The van der Waals surface area contributed by atoms with Crippen molar-refractivity contribution in [3.63, 3.8) is 0 Å². The first kappa shape index (κ1) is 10.6. The van der Waals surface area contributed by atoms with E-state index in [1.807, 2.05) is 0 Å². The second-order valence-electron chi connectivity index (χ2n) is 2.95. The predicted molar refractivity (Wildman–Crippen MR) is 55.6 cm³/mol. The second-order valence-corrected chi connectivity index (χ2v) is 2.95. The zero-order valence-electron chi connectivity index (χ0n) is 8.54. The van der Waals surface area contributed by atoms with Crippen molar-refractivity contribution in [3.05, 3.63) is 29.8 Å². The molecule has 0 aliphatic rings. The molecule has 3 heteroatoms. The number of rotatable bonds is 4. The Bertz CT molecular complexity index is 293. The number of carbonyl (C=O) groups is 1. The molecule has 1 aromatic rings. The van der Waals surface area contributed by atoms with Gasteiger partial charge in [-0.15, -0.1) is 0 Å². The first-order valence-electron chi connectivity index (χ1n) is 4.73. The van der Waals surface area contributed by atoms with Crippen LogP contribution >= 0.6 is 0 Å². The van der Waals surface area contributed by atoms with Gasteiger partial charge < -0.3 is 10.1 Å². The number of benzene rings is 1. The van der Waals surface area contributed by atoms with Crippen LogP contribution in [0.5, 0.6) is 5.75 Å². The normalized spacial score (nSPS) is 9.57. The van der Waals surface area contributed by atoms with Gasteiger partial charge in [0.25, 0.3) is 5.91 Å². The van der Waals surface area contributed by atoms with Crippen molar-refractivity contribution in [3.8, 4) is 5.75 Å². The Kier molecular flexibility index (Phi) is 3.98. The van der Waals surface area contributed by atoms with Gasteiger partial charge in [0.05, 0.1) is 6.61 Å². The molecule has 0 aliphatic heterocycles. The molecule has 14 heavy (non-hydrogen) atoms. The highest BCUT2D eigenvalue weighted by molar-refractivity contribution is 5.94. The van der Waals surface area contributed by atoms with Crippen LogP contribution < -0.4 is 10.1 Å². The van der Waals surface area contributed by atoms with E-state index in [4.69, 9.17) is 4.74 Å². The fourth-order valence-electron chi connectivity index (χ4n) is 1.07. The average Bonchev–Trinajstić information content (AvgIpc) is 2.26. The third kappa shape index (κ3) is 2.76. The van der Waals surface area contributed by atoms with Gasteiger partial charge in [-0.1, -0.05) is 6.92 Å². The summed E-state index contributed by atoms with van der Waals surface area (Å²) in [5, 5.41) is 2.56. The Morgan fingerprint density at radius 1 is 1.36 bits per heavy atom. The number of carbonyl (C=O) groups excluding carboxylic acids is 1. The lowest BCUT2D eigenvalue weighted by molar-refractivity contribution is 0.0963. The lowest BCUT2D eigenvalue weighted by atomic mass is 10.2. The maximum atomic E-state index is 11.2. The van der Waals surface area contributed by atoms with Gasteiger partial charge in [-0.05, 0) is 30.7 Å². The third-order valence-electron chi connectivity index (χ3n) is 1.82. The lowest BCUT2D eigenvalue weighted by Gasteiger charge is -2.04. The number of ether oxygens (including phenoxy) is 1. The molecule has 0 saturated carbocycles. The Hall–Kier alpha value is -1.51. The molecule has 0 heterocycles. The summed E-state index contributed by atoms with van der Waals surface area (Å²) in [6.07, 6.45) is 0.983. The maximum Gasteiger partial charge on any atom is 0.251 e. The van der Waals surface area contributed by atoms with Gasteiger partial charge in [0.15, 0.2) is 0 Å². The van der Waals surface area contributed by atoms with E-state index >= 15 is 0 Å². The Balaban J connectivity index is 2.63. The molecule has 0 aromatic heterocycles. The van der Waals surface area contributed by atoms with Gasteiger partial charge >= 0.3 is 0 Å². The van der Waals surface area contributed by atoms with Crippen molar-refractivity contribution < 1.29 is 9.53 Å². The summed E-state index contributed by atoms with van der Waals surface area (Å²) in [5.41, 5.74) is 0.649. The van der Waals surface area contributed by atoms with Crippen molar-refractivity contribution in [2.75, 3.05) is 13.7 Å². The Morgan fingerprint density at radius 3 is 2.50 bits per heavy atom. The van der Waals surface area contributed by atoms with E-state index in [9.17, 15) is 4.79 Å². The molecule has 0 atom stereocenters. The maximum absolute atomic E-state index is 11.2. The molecule has 1 amide bonds. The second kappa shape index (κ2) is 5.27. The van der Waals surface area contributed by atoms with E-state index in [0.29, 0.717) is 12.2 Å². The van der Waals surface area contributed by atoms with Crippen LogP contribution in [0.4, 0.5) is 0 Å². The molecular weight excluding hydrogens is 178 g/mol. The Morgan fingerprint density at radius 2 is 2.00 bits per heavy atom. The van der Waals surface area contributed by atoms with E-state index in [1.165, 1.54) is 0 Å². The van der Waals surface area contributed by atoms with Crippen LogP contribution in [0.1, 0.15) is 23.7 Å². The van der Waals surface area contributed by atoms with E-state index in [-0.39, 0.29) is 5.91 Å². The van der Waals surface area contributed by atoms with Gasteiger partial charge in [-0.2, -0.15) is 0 Å². The number of nitrogens with one attached hydrogen (secondary N) is 1. The van der Waals surface area contributed by atoms with E-state index < -0.39 is 0 Å². The predicted octanol–water partition coefficient (Wildman–Crippen LogP) is 1.83. The van der Waals surface area contributed by atoms with E-state index in [1.54, 1.807) is 31.3 Å². The first-order chi connectivity index (χ1) is 6.77. The van der Waals surface area contributed by atoms with Crippen LogP contribution in [0.15, 0.2) is 24.3 Å². The number of hydrogen-bond acceptors (Lipinski definition) is 2. The van der Waals surface area contributed by atoms with Crippen LogP contribution in [0.25, 0.3) is 0 Å². The fraction of sp³-hybridized carbons (Fsp3) is 0.364. The van der Waals surface area contributed by atoms with Crippen molar-refractivity contribution in [1.29, 1.82) is 0 Å². The quantitative estimate of drug-likeness (QED) is 0.792. The molecule has 1 aromatic carbocycles. The third-order valence-corrected chi connectivity index (χ3v) is 1.82. The van der Waals surface area contributed by atoms with Gasteiger partial charge in [-0.25, -0.2) is 0 Å². The van der Waals surface area contributed by atoms with Gasteiger partial charge in [0, 0.05) is 12.6 Å². The molecule has 76 valence electrons. The minimum Gasteiger partial charge on any atom is -0.494 e. The fourth-order valence-corrected chi connectivity index (χ4v) is 1.07. The zero-order valence-corrected chi connectivity index (χ0v) is 8.54. The molecule has 1 N–H and O–H groups in total. The lowest BCUT2D eigenvalue weighted by Crippen LogP contribution is -2.17. The minimum absolute atomic E-state index is 0.0768. The van der Waals surface area contributed by atoms with Crippen LogP contribution in [0.3, 0.4) is 0 Å². The summed E-state index contributed by atoms with van der Waals surface area (Å²) >= 11 is 0. The molecule has 1 rings (SSSR count). The summed E-state index contributed by atoms with van der Waals surface area (Å²) in [5.74, 6) is 0.728. The highest BCUT2D eigenvalue weighted by Gasteiger charge is 2.01. The number of hydrogen-bond donors (Lipinski definition) is 1. The van der Waals surface area contributed by atoms with E-state index in [2.05, 4.69) is 12.2 Å². The van der Waals surface area contributed by atoms with Gasteiger partial charge in [0.1, 0.15) is 5.75 Å². The summed E-state index contributed by atoms with van der Waals surface area (Å²) in [6, 6.07) is 7.12. The van der Waals surface area contributed by atoms with Crippen LogP contribution in [0.2, 0.25) is 0 Å². The van der Waals surface area contributed by atoms with Crippen molar-refractivity contribution in [2.45, 2.75) is 13.3 Å². The molecule has 0 saturated heterocycles. The van der Waals surface area contributed by atoms with Crippen LogP contribution in [-0.4, -0.2) is 19.6 Å². The molecule has 3 nitrogen and oxygen atoms in total. The molecule has 0 aliphatic carbocycles. The van der Waals surface area contributed by atoms with Crippen LogP contribution in [-0.2, 0) is 0 Å². The van der Waals surface area contributed by atoms with Crippen molar-refractivity contribution in [1.82, 2.24) is 5.32 Å². The largest absolute Gasteiger partial charge is 0.494 e.